The molecule has 1 atom stereocenters. The molecule has 0 aliphatic carbocycles. The van der Waals surface area contributed by atoms with E-state index in [9.17, 15) is 22.8 Å². The average molecular weight is 420 g/mol. The molecule has 0 unspecified atom stereocenters. The van der Waals surface area contributed by atoms with E-state index in [1.807, 2.05) is 6.92 Å². The summed E-state index contributed by atoms with van der Waals surface area (Å²) in [6.45, 7) is 2.92. The van der Waals surface area contributed by atoms with Gasteiger partial charge < -0.3 is 15.5 Å². The van der Waals surface area contributed by atoms with E-state index in [1.165, 1.54) is 6.07 Å². The Kier molecular flexibility index (Phi) is 6.59. The number of amides is 2. The van der Waals surface area contributed by atoms with Crippen LogP contribution in [-0.4, -0.2) is 34.8 Å². The quantitative estimate of drug-likeness (QED) is 0.751. The monoisotopic (exact) mass is 420 g/mol. The summed E-state index contributed by atoms with van der Waals surface area (Å²) in [4.78, 5) is 29.9. The molecule has 1 aliphatic heterocycles. The Bertz CT molecular complexity index is 883. The van der Waals surface area contributed by atoms with Crippen LogP contribution in [0.5, 0.6) is 0 Å². The van der Waals surface area contributed by atoms with Gasteiger partial charge in [-0.05, 0) is 49.2 Å². The second-order valence-corrected chi connectivity index (χ2v) is 7.15. The summed E-state index contributed by atoms with van der Waals surface area (Å²) in [6.07, 6.45) is -1.69. The lowest BCUT2D eigenvalue weighted by atomic mass is 9.96. The Hall–Kier alpha value is -3.10. The number of carbonyl (C=O) groups excluding carboxylic acids is 2. The predicted molar refractivity (Wildman–Crippen MR) is 107 cm³/mol. The summed E-state index contributed by atoms with van der Waals surface area (Å²) >= 11 is 0. The van der Waals surface area contributed by atoms with Crippen LogP contribution in [0.1, 0.15) is 31.7 Å². The van der Waals surface area contributed by atoms with E-state index < -0.39 is 11.7 Å². The Balaban J connectivity index is 1.56. The molecular weight excluding hydrogens is 397 g/mol. The van der Waals surface area contributed by atoms with Gasteiger partial charge >= 0.3 is 6.18 Å². The summed E-state index contributed by atoms with van der Waals surface area (Å²) in [7, 11) is 0. The number of pyridine rings is 1. The van der Waals surface area contributed by atoms with Crippen molar-refractivity contribution in [2.45, 2.75) is 32.4 Å². The van der Waals surface area contributed by atoms with Crippen molar-refractivity contribution in [3.63, 3.8) is 0 Å². The number of nitrogens with zero attached hydrogens (tertiary/aromatic N) is 2. The number of hydrogen-bond donors (Lipinski definition) is 2. The lowest BCUT2D eigenvalue weighted by Gasteiger charge is -2.31. The van der Waals surface area contributed by atoms with E-state index in [-0.39, 0.29) is 23.6 Å². The van der Waals surface area contributed by atoms with Gasteiger partial charge in [-0.3, -0.25) is 9.59 Å². The normalized spacial score (nSPS) is 16.8. The molecule has 2 heterocycles. The van der Waals surface area contributed by atoms with E-state index in [0.29, 0.717) is 30.9 Å². The maximum absolute atomic E-state index is 12.6. The van der Waals surface area contributed by atoms with Crippen LogP contribution in [0.4, 0.5) is 30.4 Å². The molecule has 1 aromatic heterocycles. The maximum Gasteiger partial charge on any atom is 0.417 e. The molecule has 2 aromatic rings. The van der Waals surface area contributed by atoms with E-state index in [4.69, 9.17) is 0 Å². The number of halogens is 3. The molecule has 0 radical (unpaired) electrons. The molecule has 6 nitrogen and oxygen atoms in total. The molecular formula is C21H23F3N4O2. The van der Waals surface area contributed by atoms with E-state index in [1.54, 1.807) is 29.2 Å². The summed E-state index contributed by atoms with van der Waals surface area (Å²) < 4.78 is 37.8. The van der Waals surface area contributed by atoms with Crippen molar-refractivity contribution in [2.24, 2.45) is 5.92 Å². The topological polar surface area (TPSA) is 74.3 Å². The number of likely N-dealkylation sites (tertiary alicyclic amines) is 1. The number of hydrogen-bond acceptors (Lipinski definition) is 4. The first kappa shape index (κ1) is 21.6. The minimum atomic E-state index is -4.43. The molecule has 2 amide bonds. The highest BCUT2D eigenvalue weighted by Gasteiger charge is 2.30. The zero-order valence-electron chi connectivity index (χ0n) is 16.5. The van der Waals surface area contributed by atoms with Crippen molar-refractivity contribution in [1.29, 1.82) is 0 Å². The highest BCUT2D eigenvalue weighted by molar-refractivity contribution is 5.93. The van der Waals surface area contributed by atoms with Crippen molar-refractivity contribution in [1.82, 2.24) is 9.88 Å². The Morgan fingerprint density at radius 3 is 2.43 bits per heavy atom. The van der Waals surface area contributed by atoms with Gasteiger partial charge in [0.15, 0.2) is 0 Å². The molecule has 2 N–H and O–H groups in total. The Morgan fingerprint density at radius 1 is 1.13 bits per heavy atom. The second kappa shape index (κ2) is 9.15. The van der Waals surface area contributed by atoms with Crippen molar-refractivity contribution in [2.75, 3.05) is 23.7 Å². The van der Waals surface area contributed by atoms with Crippen LogP contribution in [0, 0.1) is 5.92 Å². The van der Waals surface area contributed by atoms with Crippen molar-refractivity contribution in [3.8, 4) is 0 Å². The third-order valence-corrected chi connectivity index (χ3v) is 4.96. The number of benzene rings is 1. The van der Waals surface area contributed by atoms with Crippen molar-refractivity contribution < 1.29 is 22.8 Å². The van der Waals surface area contributed by atoms with Gasteiger partial charge in [0.25, 0.3) is 0 Å². The standard InChI is InChI=1S/C21H23F3N4O2/c1-2-19(29)28-11-3-4-14(13-28)20(30)27-17-8-6-16(7-9-17)26-18-10-5-15(12-25-18)21(22,23)24/h5-10,12,14H,2-4,11,13H2,1H3,(H,25,26)(H,27,30)/t14-/m0/s1. The van der Waals surface area contributed by atoms with Crippen molar-refractivity contribution >= 4 is 29.0 Å². The number of aromatic nitrogens is 1. The average Bonchev–Trinajstić information content (AvgIpc) is 2.74. The number of nitrogens with one attached hydrogen (secondary N) is 2. The first-order valence-corrected chi connectivity index (χ1v) is 9.75. The molecule has 0 bridgehead atoms. The highest BCUT2D eigenvalue weighted by atomic mass is 19.4. The summed E-state index contributed by atoms with van der Waals surface area (Å²) in [5.74, 6) is -0.0420. The molecule has 1 fully saturated rings. The minimum absolute atomic E-state index is 0.0554. The predicted octanol–water partition coefficient (Wildman–Crippen LogP) is 4.43. The fourth-order valence-electron chi connectivity index (χ4n) is 3.31. The smallest absolute Gasteiger partial charge is 0.342 e. The number of alkyl halides is 3. The van der Waals surface area contributed by atoms with Crippen LogP contribution in [0.2, 0.25) is 0 Å². The molecule has 0 spiro atoms. The number of rotatable bonds is 5. The second-order valence-electron chi connectivity index (χ2n) is 7.15. The SMILES string of the molecule is CCC(=O)N1CCC[C@H](C(=O)Nc2ccc(Nc3ccc(C(F)(F)F)cn3)cc2)C1. The fraction of sp³-hybridized carbons (Fsp3) is 0.381. The van der Waals surface area contributed by atoms with Crippen LogP contribution in [-0.2, 0) is 15.8 Å². The maximum atomic E-state index is 12.6. The highest BCUT2D eigenvalue weighted by Crippen LogP contribution is 2.29. The first-order chi connectivity index (χ1) is 14.3. The van der Waals surface area contributed by atoms with Gasteiger partial charge in [-0.15, -0.1) is 0 Å². The molecule has 1 aliphatic rings. The van der Waals surface area contributed by atoms with Crippen molar-refractivity contribution in [3.05, 3.63) is 48.2 Å². The Morgan fingerprint density at radius 2 is 1.83 bits per heavy atom. The third-order valence-electron chi connectivity index (χ3n) is 4.96. The largest absolute Gasteiger partial charge is 0.417 e. The summed E-state index contributed by atoms with van der Waals surface area (Å²) in [5, 5.41) is 5.77. The van der Waals surface area contributed by atoms with Crippen LogP contribution in [0.3, 0.4) is 0 Å². The van der Waals surface area contributed by atoms with Gasteiger partial charge in [-0.2, -0.15) is 13.2 Å². The van der Waals surface area contributed by atoms with Gasteiger partial charge in [0.05, 0.1) is 11.5 Å². The number of piperidine rings is 1. The van der Waals surface area contributed by atoms with Crippen LogP contribution < -0.4 is 10.6 Å². The zero-order valence-corrected chi connectivity index (χ0v) is 16.5. The van der Waals surface area contributed by atoms with Gasteiger partial charge in [0.2, 0.25) is 11.8 Å². The van der Waals surface area contributed by atoms with E-state index >= 15 is 0 Å². The lowest BCUT2D eigenvalue weighted by Crippen LogP contribution is -2.43. The van der Waals surface area contributed by atoms with Crippen LogP contribution >= 0.6 is 0 Å². The molecule has 9 heteroatoms. The van der Waals surface area contributed by atoms with E-state index in [2.05, 4.69) is 15.6 Å². The van der Waals surface area contributed by atoms with E-state index in [0.717, 1.165) is 25.1 Å². The molecule has 1 aromatic carbocycles. The molecule has 1 saturated heterocycles. The van der Waals surface area contributed by atoms with Gasteiger partial charge in [0, 0.05) is 37.1 Å². The molecule has 30 heavy (non-hydrogen) atoms. The minimum Gasteiger partial charge on any atom is -0.342 e. The number of carbonyl (C=O) groups is 2. The summed E-state index contributed by atoms with van der Waals surface area (Å²) in [5.41, 5.74) is 0.413. The lowest BCUT2D eigenvalue weighted by molar-refractivity contribution is -0.138. The van der Waals surface area contributed by atoms with Gasteiger partial charge in [0.1, 0.15) is 5.82 Å². The Labute approximate surface area is 172 Å². The third kappa shape index (κ3) is 5.49. The number of anilines is 3. The first-order valence-electron chi connectivity index (χ1n) is 9.75. The van der Waals surface area contributed by atoms with Crippen LogP contribution in [0.25, 0.3) is 0 Å². The fourth-order valence-corrected chi connectivity index (χ4v) is 3.31. The van der Waals surface area contributed by atoms with Crippen LogP contribution in [0.15, 0.2) is 42.6 Å². The molecule has 0 saturated carbocycles. The molecule has 160 valence electrons. The summed E-state index contributed by atoms with van der Waals surface area (Å²) in [6, 6.07) is 9.00. The van der Waals surface area contributed by atoms with Gasteiger partial charge in [-0.25, -0.2) is 4.98 Å². The zero-order chi connectivity index (χ0) is 21.7. The molecule has 3 rings (SSSR count). The van der Waals surface area contributed by atoms with Gasteiger partial charge in [-0.1, -0.05) is 6.92 Å².